The second kappa shape index (κ2) is 5.18. The number of aromatic nitrogens is 2. The third-order valence-electron chi connectivity index (χ3n) is 2.42. The normalized spacial score (nSPS) is 10.3. The van der Waals surface area contributed by atoms with E-state index in [0.29, 0.717) is 5.56 Å². The van der Waals surface area contributed by atoms with E-state index in [0.717, 1.165) is 21.3 Å². The first-order chi connectivity index (χ1) is 8.58. The van der Waals surface area contributed by atoms with E-state index >= 15 is 0 Å². The van der Waals surface area contributed by atoms with E-state index in [-0.39, 0.29) is 5.84 Å². The molecule has 0 fully saturated rings. The molecular formula is C13H14N4S. The molecular weight excluding hydrogens is 244 g/mol. The average Bonchev–Trinajstić information content (AvgIpc) is 2.28. The summed E-state index contributed by atoms with van der Waals surface area (Å²) in [5.41, 5.74) is 8.20. The maximum atomic E-state index is 7.66. The van der Waals surface area contributed by atoms with E-state index in [2.05, 4.69) is 9.97 Å². The zero-order valence-electron chi connectivity index (χ0n) is 10.3. The van der Waals surface area contributed by atoms with Crippen molar-refractivity contribution in [1.29, 1.82) is 5.41 Å². The van der Waals surface area contributed by atoms with Crippen LogP contribution in [0.5, 0.6) is 0 Å². The lowest BCUT2D eigenvalue weighted by molar-refractivity contribution is 1.02. The van der Waals surface area contributed by atoms with Gasteiger partial charge in [-0.25, -0.2) is 9.97 Å². The number of amidine groups is 1. The Labute approximate surface area is 110 Å². The maximum absolute atomic E-state index is 7.66. The first kappa shape index (κ1) is 12.6. The van der Waals surface area contributed by atoms with Crippen LogP contribution < -0.4 is 5.73 Å². The van der Waals surface area contributed by atoms with Gasteiger partial charge < -0.3 is 5.73 Å². The summed E-state index contributed by atoms with van der Waals surface area (Å²) in [4.78, 5) is 8.70. The molecule has 0 aromatic carbocycles. The molecule has 0 bridgehead atoms. The summed E-state index contributed by atoms with van der Waals surface area (Å²) in [5.74, 6) is 0.0402. The Bertz CT molecular complexity index is 581. The number of nitrogen functional groups attached to an aromatic ring is 1. The molecule has 3 N–H and O–H groups in total. The second-order valence-corrected chi connectivity index (χ2v) is 4.95. The molecule has 2 heterocycles. The lowest BCUT2D eigenvalue weighted by atomic mass is 10.1. The van der Waals surface area contributed by atoms with Gasteiger partial charge in [-0.05, 0) is 49.4 Å². The smallest absolute Gasteiger partial charge is 0.125 e. The van der Waals surface area contributed by atoms with Gasteiger partial charge in [0, 0.05) is 11.9 Å². The molecule has 2 rings (SSSR count). The number of rotatable bonds is 3. The highest BCUT2D eigenvalue weighted by Gasteiger charge is 2.13. The fourth-order valence-electron chi connectivity index (χ4n) is 1.71. The minimum absolute atomic E-state index is 0.0402. The van der Waals surface area contributed by atoms with Crippen molar-refractivity contribution in [3.05, 3.63) is 47.3 Å². The van der Waals surface area contributed by atoms with Gasteiger partial charge in [0.1, 0.15) is 15.9 Å². The molecule has 0 radical (unpaired) electrons. The van der Waals surface area contributed by atoms with Crippen molar-refractivity contribution in [1.82, 2.24) is 9.97 Å². The number of hydrogen-bond acceptors (Lipinski definition) is 4. The van der Waals surface area contributed by atoms with Gasteiger partial charge in [-0.15, -0.1) is 0 Å². The van der Waals surface area contributed by atoms with E-state index < -0.39 is 0 Å². The van der Waals surface area contributed by atoms with Crippen molar-refractivity contribution in [2.75, 3.05) is 0 Å². The topological polar surface area (TPSA) is 75.7 Å². The average molecular weight is 258 g/mol. The summed E-state index contributed by atoms with van der Waals surface area (Å²) < 4.78 is 0. The molecule has 0 aliphatic heterocycles. The molecule has 0 spiro atoms. The number of aryl methyl sites for hydroxylation is 2. The van der Waals surface area contributed by atoms with Crippen LogP contribution in [-0.2, 0) is 0 Å². The van der Waals surface area contributed by atoms with Gasteiger partial charge in [-0.3, -0.25) is 5.41 Å². The SMILES string of the molecule is Cc1cc(C)c(C(=N)N)c(Sc2ccccn2)n1. The number of nitrogens with one attached hydrogen (secondary N) is 1. The van der Waals surface area contributed by atoms with Crippen LogP contribution in [-0.4, -0.2) is 15.8 Å². The number of nitrogens with zero attached hydrogens (tertiary/aromatic N) is 2. The Kier molecular flexibility index (Phi) is 3.62. The molecule has 2 aromatic heterocycles. The van der Waals surface area contributed by atoms with E-state index in [1.807, 2.05) is 38.1 Å². The summed E-state index contributed by atoms with van der Waals surface area (Å²) in [7, 11) is 0. The van der Waals surface area contributed by atoms with Crippen molar-refractivity contribution >= 4 is 17.6 Å². The first-order valence-corrected chi connectivity index (χ1v) is 6.31. The van der Waals surface area contributed by atoms with Crippen molar-refractivity contribution in [3.63, 3.8) is 0 Å². The molecule has 5 heteroatoms. The highest BCUT2D eigenvalue weighted by atomic mass is 32.2. The summed E-state index contributed by atoms with van der Waals surface area (Å²) >= 11 is 1.43. The van der Waals surface area contributed by atoms with Gasteiger partial charge in [0.15, 0.2) is 0 Å². The van der Waals surface area contributed by atoms with Gasteiger partial charge in [0.05, 0.1) is 5.56 Å². The quantitative estimate of drug-likeness (QED) is 0.655. The lowest BCUT2D eigenvalue weighted by Gasteiger charge is -2.10. The van der Waals surface area contributed by atoms with Crippen molar-refractivity contribution in [3.8, 4) is 0 Å². The molecule has 0 amide bonds. The summed E-state index contributed by atoms with van der Waals surface area (Å²) in [6.07, 6.45) is 1.73. The Morgan fingerprint density at radius 1 is 1.33 bits per heavy atom. The van der Waals surface area contributed by atoms with Gasteiger partial charge in [0.25, 0.3) is 0 Å². The molecule has 92 valence electrons. The van der Waals surface area contributed by atoms with Crippen LogP contribution >= 0.6 is 11.8 Å². The van der Waals surface area contributed by atoms with Crippen LogP contribution in [0.2, 0.25) is 0 Å². The largest absolute Gasteiger partial charge is 0.384 e. The van der Waals surface area contributed by atoms with Crippen molar-refractivity contribution in [2.45, 2.75) is 23.9 Å². The predicted molar refractivity (Wildman–Crippen MR) is 73.1 cm³/mol. The summed E-state index contributed by atoms with van der Waals surface area (Å²) in [6, 6.07) is 7.63. The minimum Gasteiger partial charge on any atom is -0.384 e. The second-order valence-electron chi connectivity index (χ2n) is 3.94. The Balaban J connectivity index is 2.46. The Hall–Kier alpha value is -1.88. The highest BCUT2D eigenvalue weighted by Crippen LogP contribution is 2.29. The highest BCUT2D eigenvalue weighted by molar-refractivity contribution is 7.99. The molecule has 4 nitrogen and oxygen atoms in total. The molecule has 2 aromatic rings. The number of hydrogen-bond donors (Lipinski definition) is 2. The molecule has 0 saturated heterocycles. The van der Waals surface area contributed by atoms with Crippen LogP contribution in [0.1, 0.15) is 16.8 Å². The third kappa shape index (κ3) is 2.68. The van der Waals surface area contributed by atoms with Gasteiger partial charge in [-0.2, -0.15) is 0 Å². The monoisotopic (exact) mass is 258 g/mol. The zero-order valence-corrected chi connectivity index (χ0v) is 11.1. The van der Waals surface area contributed by atoms with Crippen LogP contribution in [0.15, 0.2) is 40.5 Å². The fraction of sp³-hybridized carbons (Fsp3) is 0.154. The zero-order chi connectivity index (χ0) is 13.1. The van der Waals surface area contributed by atoms with Crippen LogP contribution in [0.4, 0.5) is 0 Å². The lowest BCUT2D eigenvalue weighted by Crippen LogP contribution is -2.15. The van der Waals surface area contributed by atoms with E-state index in [9.17, 15) is 0 Å². The maximum Gasteiger partial charge on any atom is 0.125 e. The molecule has 0 aliphatic carbocycles. The predicted octanol–water partition coefficient (Wildman–Crippen LogP) is 2.53. The Morgan fingerprint density at radius 2 is 2.11 bits per heavy atom. The van der Waals surface area contributed by atoms with Gasteiger partial charge in [0.2, 0.25) is 0 Å². The third-order valence-corrected chi connectivity index (χ3v) is 3.36. The van der Waals surface area contributed by atoms with E-state index in [4.69, 9.17) is 11.1 Å². The Morgan fingerprint density at radius 3 is 2.72 bits per heavy atom. The van der Waals surface area contributed by atoms with Crippen molar-refractivity contribution in [2.24, 2.45) is 5.73 Å². The fourth-order valence-corrected chi connectivity index (χ4v) is 2.73. The minimum atomic E-state index is 0.0402. The number of nitrogens with two attached hydrogens (primary N) is 1. The van der Waals surface area contributed by atoms with Crippen molar-refractivity contribution < 1.29 is 0 Å². The van der Waals surface area contributed by atoms with Crippen LogP contribution in [0, 0.1) is 19.3 Å². The summed E-state index contributed by atoms with van der Waals surface area (Å²) in [5, 5.41) is 9.24. The molecule has 0 saturated carbocycles. The summed E-state index contributed by atoms with van der Waals surface area (Å²) in [6.45, 7) is 3.87. The molecule has 18 heavy (non-hydrogen) atoms. The van der Waals surface area contributed by atoms with Crippen LogP contribution in [0.3, 0.4) is 0 Å². The standard InChI is InChI=1S/C13H14N4S/c1-8-7-9(2)17-13(11(8)12(14)15)18-10-5-3-4-6-16-10/h3-7H,1-2H3,(H3,14,15). The molecule has 0 atom stereocenters. The van der Waals surface area contributed by atoms with Gasteiger partial charge in [-0.1, -0.05) is 6.07 Å². The van der Waals surface area contributed by atoms with E-state index in [1.54, 1.807) is 6.20 Å². The van der Waals surface area contributed by atoms with E-state index in [1.165, 1.54) is 11.8 Å². The van der Waals surface area contributed by atoms with Crippen LogP contribution in [0.25, 0.3) is 0 Å². The molecule has 0 unspecified atom stereocenters. The molecule has 0 aliphatic rings. The number of pyridine rings is 2. The van der Waals surface area contributed by atoms with Gasteiger partial charge >= 0.3 is 0 Å². The first-order valence-electron chi connectivity index (χ1n) is 5.49.